The van der Waals surface area contributed by atoms with Crippen LogP contribution in [0.5, 0.6) is 0 Å². The van der Waals surface area contributed by atoms with Crippen molar-refractivity contribution in [3.63, 3.8) is 0 Å². The van der Waals surface area contributed by atoms with Gasteiger partial charge in [-0.05, 0) is 17.5 Å². The van der Waals surface area contributed by atoms with Crippen LogP contribution in [0.25, 0.3) is 10.2 Å². The van der Waals surface area contributed by atoms with Gasteiger partial charge < -0.3 is 1.43 Å². The van der Waals surface area contributed by atoms with Crippen LogP contribution in [0, 0.1) is 5.92 Å². The molecule has 0 spiro atoms. The molecule has 146 valence electrons. The molecule has 1 N–H and O–H groups in total. The van der Waals surface area contributed by atoms with Crippen molar-refractivity contribution in [2.75, 3.05) is 0 Å². The first-order valence-corrected chi connectivity index (χ1v) is 10.5. The standard InChI is InChI=1S/C17H19N3O5S2.Li.H/c1-10(2)9-20-16-13(15(21)19(3)17(20)22)14(27(23,24)25)12(26-16)7-11-5-4-6-18-8-11;;/h4-6,8,10H,7,9H2,1-3H3,(H,23,24,25);;/q;+1;-1. The van der Waals surface area contributed by atoms with Crippen LogP contribution < -0.4 is 30.1 Å². The molecule has 3 heterocycles. The fourth-order valence-electron chi connectivity index (χ4n) is 2.96. The number of hydrogen-bond acceptors (Lipinski definition) is 6. The molecule has 28 heavy (non-hydrogen) atoms. The van der Waals surface area contributed by atoms with Gasteiger partial charge >= 0.3 is 24.6 Å². The molecule has 0 unspecified atom stereocenters. The van der Waals surface area contributed by atoms with Crippen LogP contribution in [-0.4, -0.2) is 27.1 Å². The van der Waals surface area contributed by atoms with E-state index in [1.165, 1.54) is 11.6 Å². The summed E-state index contributed by atoms with van der Waals surface area (Å²) < 4.78 is 36.3. The topological polar surface area (TPSA) is 111 Å². The second-order valence-corrected chi connectivity index (χ2v) is 9.14. The Bertz CT molecular complexity index is 1230. The van der Waals surface area contributed by atoms with E-state index < -0.39 is 26.3 Å². The summed E-state index contributed by atoms with van der Waals surface area (Å²) in [4.78, 5) is 29.4. The van der Waals surface area contributed by atoms with Gasteiger partial charge in [0.25, 0.3) is 15.7 Å². The molecule has 0 aliphatic rings. The molecule has 0 aromatic carbocycles. The minimum Gasteiger partial charge on any atom is -1.00 e. The van der Waals surface area contributed by atoms with Crippen LogP contribution in [0.3, 0.4) is 0 Å². The van der Waals surface area contributed by atoms with Crippen LogP contribution >= 0.6 is 11.3 Å². The SMILES string of the molecule is CC(C)Cn1c(=O)n(C)c(=O)c2c(S(=O)(=O)O)c(Cc3cccnc3)sc21.[H-].[Li+]. The van der Waals surface area contributed by atoms with Gasteiger partial charge in [0.15, 0.2) is 0 Å². The number of hydrogen-bond donors (Lipinski definition) is 1. The Labute approximate surface area is 179 Å². The van der Waals surface area contributed by atoms with Crippen molar-refractivity contribution in [1.82, 2.24) is 14.1 Å². The largest absolute Gasteiger partial charge is 1.00 e. The van der Waals surface area contributed by atoms with Crippen molar-refractivity contribution in [2.24, 2.45) is 13.0 Å². The first-order valence-electron chi connectivity index (χ1n) is 8.22. The van der Waals surface area contributed by atoms with E-state index >= 15 is 0 Å². The minimum absolute atomic E-state index is 0. The summed E-state index contributed by atoms with van der Waals surface area (Å²) in [5.74, 6) is 0.0986. The van der Waals surface area contributed by atoms with E-state index in [1.54, 1.807) is 24.5 Å². The molecule has 0 bridgehead atoms. The summed E-state index contributed by atoms with van der Waals surface area (Å²) in [6.07, 6.45) is 3.34. The zero-order valence-electron chi connectivity index (χ0n) is 17.0. The molecule has 0 fully saturated rings. The number of rotatable bonds is 5. The van der Waals surface area contributed by atoms with Gasteiger partial charge in [0.05, 0.1) is 5.39 Å². The third-order valence-corrected chi connectivity index (χ3v) is 6.40. The molecule has 8 nitrogen and oxygen atoms in total. The van der Waals surface area contributed by atoms with E-state index in [0.29, 0.717) is 11.4 Å². The van der Waals surface area contributed by atoms with E-state index in [2.05, 4.69) is 4.98 Å². The average Bonchev–Trinajstić information content (AvgIpc) is 2.97. The summed E-state index contributed by atoms with van der Waals surface area (Å²) >= 11 is 1.03. The van der Waals surface area contributed by atoms with Gasteiger partial charge in [-0.2, -0.15) is 8.42 Å². The second-order valence-electron chi connectivity index (χ2n) is 6.70. The maximum Gasteiger partial charge on any atom is 1.00 e. The van der Waals surface area contributed by atoms with Crippen molar-refractivity contribution >= 4 is 31.7 Å². The molecule has 3 rings (SSSR count). The smallest absolute Gasteiger partial charge is 1.00 e. The minimum atomic E-state index is -4.67. The van der Waals surface area contributed by atoms with E-state index in [-0.39, 0.29) is 42.8 Å². The summed E-state index contributed by atoms with van der Waals surface area (Å²) in [5, 5.41) is -0.149. The number of aromatic nitrogens is 3. The van der Waals surface area contributed by atoms with E-state index in [0.717, 1.165) is 21.5 Å². The summed E-state index contributed by atoms with van der Waals surface area (Å²) in [5.41, 5.74) is -0.530. The second kappa shape index (κ2) is 8.35. The van der Waals surface area contributed by atoms with Gasteiger partial charge in [-0.1, -0.05) is 19.9 Å². The zero-order chi connectivity index (χ0) is 19.9. The molecule has 3 aromatic rings. The van der Waals surface area contributed by atoms with Crippen LogP contribution in [0.4, 0.5) is 0 Å². The molecule has 0 aliphatic heterocycles. The van der Waals surface area contributed by atoms with E-state index in [4.69, 9.17) is 0 Å². The predicted octanol–water partition coefficient (Wildman–Crippen LogP) is -1.23. The Morgan fingerprint density at radius 2 is 2.00 bits per heavy atom. The first kappa shape index (κ1) is 22.6. The Kier molecular flexibility index (Phi) is 6.73. The summed E-state index contributed by atoms with van der Waals surface area (Å²) in [6.45, 7) is 4.15. The fraction of sp³-hybridized carbons (Fsp3) is 0.353. The molecule has 0 aliphatic carbocycles. The Morgan fingerprint density at radius 1 is 1.32 bits per heavy atom. The van der Waals surface area contributed by atoms with Crippen LogP contribution in [0.1, 0.15) is 25.7 Å². The molecule has 0 amide bonds. The number of fused-ring (bicyclic) bond motifs is 1. The van der Waals surface area contributed by atoms with E-state index in [9.17, 15) is 22.6 Å². The molecule has 0 atom stereocenters. The quantitative estimate of drug-likeness (QED) is 0.411. The Balaban J connectivity index is 0.00000210. The predicted molar refractivity (Wildman–Crippen MR) is 104 cm³/mol. The van der Waals surface area contributed by atoms with Crippen molar-refractivity contribution in [2.45, 2.75) is 31.7 Å². The monoisotopic (exact) mass is 417 g/mol. The fourth-order valence-corrected chi connectivity index (χ4v) is 5.48. The molecular formula is C17H20LiN3O5S2. The van der Waals surface area contributed by atoms with Crippen LogP contribution in [0.2, 0.25) is 0 Å². The third-order valence-electron chi connectivity index (χ3n) is 4.09. The van der Waals surface area contributed by atoms with Gasteiger partial charge in [-0.15, -0.1) is 11.3 Å². The average molecular weight is 417 g/mol. The first-order chi connectivity index (χ1) is 12.6. The third kappa shape index (κ3) is 4.16. The molecule has 0 saturated heterocycles. The van der Waals surface area contributed by atoms with Gasteiger partial charge in [-0.3, -0.25) is 23.5 Å². The molecule has 3 aromatic heterocycles. The molecule has 11 heteroatoms. The van der Waals surface area contributed by atoms with Crippen LogP contribution in [0.15, 0.2) is 39.0 Å². The molecule has 0 radical (unpaired) electrons. The number of pyridine rings is 1. The molecular weight excluding hydrogens is 397 g/mol. The normalized spacial score (nSPS) is 11.8. The van der Waals surface area contributed by atoms with Gasteiger partial charge in [0, 0.05) is 37.3 Å². The Morgan fingerprint density at radius 3 is 2.54 bits per heavy atom. The van der Waals surface area contributed by atoms with Crippen molar-refractivity contribution in [3.05, 3.63) is 55.8 Å². The molecule has 0 saturated carbocycles. The van der Waals surface area contributed by atoms with Gasteiger partial charge in [0.2, 0.25) is 0 Å². The number of nitrogens with zero attached hydrogens (tertiary/aromatic N) is 3. The number of thiophene rings is 1. The van der Waals surface area contributed by atoms with Crippen molar-refractivity contribution in [1.29, 1.82) is 0 Å². The van der Waals surface area contributed by atoms with E-state index in [1.807, 2.05) is 13.8 Å². The van der Waals surface area contributed by atoms with Crippen molar-refractivity contribution < 1.29 is 33.3 Å². The van der Waals surface area contributed by atoms with Gasteiger partial charge in [-0.25, -0.2) is 4.79 Å². The Hall–Kier alpha value is -1.70. The summed E-state index contributed by atoms with van der Waals surface area (Å²) in [7, 11) is -3.37. The van der Waals surface area contributed by atoms with Crippen LogP contribution in [-0.2, 0) is 30.1 Å². The zero-order valence-corrected chi connectivity index (χ0v) is 17.7. The van der Waals surface area contributed by atoms with Gasteiger partial charge in [0.1, 0.15) is 9.73 Å². The summed E-state index contributed by atoms with van der Waals surface area (Å²) in [6, 6.07) is 3.48. The maximum absolute atomic E-state index is 12.7. The van der Waals surface area contributed by atoms with Crippen molar-refractivity contribution in [3.8, 4) is 0 Å². The maximum atomic E-state index is 12.7.